The standard InChI is InChI=1S/C16H20N2OS/c1-11-12(2)20-8-7-18(11)16-14(10-19)9-13-5-3-4-6-15(13)17-16/h3-6,9,11-12,19H,7-8,10H2,1-2H3. The fourth-order valence-corrected chi connectivity index (χ4v) is 3.85. The van der Waals surface area contributed by atoms with Crippen molar-refractivity contribution in [3.63, 3.8) is 0 Å². The fourth-order valence-electron chi connectivity index (χ4n) is 2.75. The molecule has 1 aromatic heterocycles. The number of benzene rings is 1. The average molecular weight is 288 g/mol. The molecule has 4 heteroatoms. The number of rotatable bonds is 2. The lowest BCUT2D eigenvalue weighted by molar-refractivity contribution is 0.281. The van der Waals surface area contributed by atoms with Crippen molar-refractivity contribution in [2.24, 2.45) is 0 Å². The average Bonchev–Trinajstić information content (AvgIpc) is 2.48. The first kappa shape index (κ1) is 13.7. The van der Waals surface area contributed by atoms with Crippen LogP contribution in [0.5, 0.6) is 0 Å². The van der Waals surface area contributed by atoms with Crippen molar-refractivity contribution < 1.29 is 5.11 Å². The Labute approximate surface area is 124 Å². The molecular weight excluding hydrogens is 268 g/mol. The maximum absolute atomic E-state index is 9.69. The van der Waals surface area contributed by atoms with Crippen LogP contribution in [0.4, 0.5) is 5.82 Å². The summed E-state index contributed by atoms with van der Waals surface area (Å²) >= 11 is 2.01. The topological polar surface area (TPSA) is 36.4 Å². The summed E-state index contributed by atoms with van der Waals surface area (Å²) in [7, 11) is 0. The Morgan fingerprint density at radius 1 is 1.35 bits per heavy atom. The number of fused-ring (bicyclic) bond motifs is 1. The molecule has 1 aliphatic rings. The summed E-state index contributed by atoms with van der Waals surface area (Å²) < 4.78 is 0. The molecule has 0 spiro atoms. The number of pyridine rings is 1. The summed E-state index contributed by atoms with van der Waals surface area (Å²) in [5.41, 5.74) is 1.92. The second-order valence-corrected chi connectivity index (χ2v) is 6.82. The number of aliphatic hydroxyl groups excluding tert-OH is 1. The van der Waals surface area contributed by atoms with E-state index in [-0.39, 0.29) is 6.61 Å². The Morgan fingerprint density at radius 2 is 2.15 bits per heavy atom. The number of thioether (sulfide) groups is 1. The number of anilines is 1. The van der Waals surface area contributed by atoms with Gasteiger partial charge in [0.25, 0.3) is 0 Å². The number of aliphatic hydroxyl groups is 1. The van der Waals surface area contributed by atoms with Gasteiger partial charge in [-0.25, -0.2) is 4.98 Å². The van der Waals surface area contributed by atoms with Crippen LogP contribution in [0.25, 0.3) is 10.9 Å². The molecule has 20 heavy (non-hydrogen) atoms. The van der Waals surface area contributed by atoms with Crippen LogP contribution in [-0.4, -0.2) is 33.7 Å². The second kappa shape index (κ2) is 5.62. The van der Waals surface area contributed by atoms with Crippen LogP contribution >= 0.6 is 11.8 Å². The fraction of sp³-hybridized carbons (Fsp3) is 0.438. The molecule has 1 aliphatic heterocycles. The maximum atomic E-state index is 9.69. The van der Waals surface area contributed by atoms with Gasteiger partial charge in [-0.1, -0.05) is 25.1 Å². The van der Waals surface area contributed by atoms with Gasteiger partial charge in [0, 0.05) is 34.5 Å². The highest BCUT2D eigenvalue weighted by Gasteiger charge is 2.27. The minimum atomic E-state index is 0.0396. The van der Waals surface area contributed by atoms with E-state index in [1.165, 1.54) is 0 Å². The zero-order valence-corrected chi connectivity index (χ0v) is 12.7. The van der Waals surface area contributed by atoms with Crippen LogP contribution < -0.4 is 4.90 Å². The van der Waals surface area contributed by atoms with Gasteiger partial charge < -0.3 is 10.0 Å². The molecule has 0 radical (unpaired) electrons. The van der Waals surface area contributed by atoms with Gasteiger partial charge >= 0.3 is 0 Å². The van der Waals surface area contributed by atoms with Gasteiger partial charge in [0.05, 0.1) is 12.1 Å². The van der Waals surface area contributed by atoms with Gasteiger partial charge in [-0.3, -0.25) is 0 Å². The molecule has 2 unspecified atom stereocenters. The van der Waals surface area contributed by atoms with Crippen molar-refractivity contribution in [2.75, 3.05) is 17.2 Å². The van der Waals surface area contributed by atoms with Gasteiger partial charge in [0.2, 0.25) is 0 Å². The Balaban J connectivity index is 2.09. The van der Waals surface area contributed by atoms with E-state index < -0.39 is 0 Å². The third-order valence-electron chi connectivity index (χ3n) is 4.11. The molecule has 3 rings (SSSR count). The Bertz CT molecular complexity index is 616. The van der Waals surface area contributed by atoms with Gasteiger partial charge in [0.15, 0.2) is 0 Å². The van der Waals surface area contributed by atoms with Gasteiger partial charge in [-0.2, -0.15) is 11.8 Å². The Morgan fingerprint density at radius 3 is 2.95 bits per heavy atom. The molecule has 106 valence electrons. The summed E-state index contributed by atoms with van der Waals surface area (Å²) in [5.74, 6) is 2.07. The zero-order chi connectivity index (χ0) is 14.1. The molecule has 1 N–H and O–H groups in total. The minimum Gasteiger partial charge on any atom is -0.392 e. The molecule has 2 atom stereocenters. The highest BCUT2D eigenvalue weighted by Crippen LogP contribution is 2.31. The minimum absolute atomic E-state index is 0.0396. The van der Waals surface area contributed by atoms with Crippen LogP contribution in [0.3, 0.4) is 0 Å². The summed E-state index contributed by atoms with van der Waals surface area (Å²) in [6.07, 6.45) is 0. The summed E-state index contributed by atoms with van der Waals surface area (Å²) in [5, 5.41) is 11.4. The van der Waals surface area contributed by atoms with Crippen molar-refractivity contribution >= 4 is 28.5 Å². The van der Waals surface area contributed by atoms with Crippen LogP contribution in [0.1, 0.15) is 19.4 Å². The largest absolute Gasteiger partial charge is 0.392 e. The van der Waals surface area contributed by atoms with E-state index in [0.717, 1.165) is 34.6 Å². The number of hydrogen-bond donors (Lipinski definition) is 1. The molecule has 0 aliphatic carbocycles. The SMILES string of the molecule is CC1SCCN(c2nc3ccccc3cc2CO)C1C. The molecule has 0 saturated carbocycles. The normalized spacial score (nSPS) is 23.2. The zero-order valence-electron chi connectivity index (χ0n) is 11.9. The van der Waals surface area contributed by atoms with Crippen molar-refractivity contribution in [2.45, 2.75) is 31.7 Å². The molecule has 0 amide bonds. The number of nitrogens with zero attached hydrogens (tertiary/aromatic N) is 2. The lowest BCUT2D eigenvalue weighted by Gasteiger charge is -2.39. The van der Waals surface area contributed by atoms with E-state index in [1.54, 1.807) is 0 Å². The number of para-hydroxylation sites is 1. The van der Waals surface area contributed by atoms with E-state index >= 15 is 0 Å². The van der Waals surface area contributed by atoms with Gasteiger partial charge in [0.1, 0.15) is 5.82 Å². The second-order valence-electron chi connectivity index (χ2n) is 5.33. The molecule has 1 aromatic carbocycles. The molecule has 1 fully saturated rings. The predicted molar refractivity (Wildman–Crippen MR) is 86.4 cm³/mol. The lowest BCUT2D eigenvalue weighted by Crippen LogP contribution is -2.45. The first-order valence-corrected chi connectivity index (χ1v) is 8.13. The smallest absolute Gasteiger partial charge is 0.135 e. The third kappa shape index (κ3) is 2.38. The van der Waals surface area contributed by atoms with Crippen LogP contribution in [0.2, 0.25) is 0 Å². The predicted octanol–water partition coefficient (Wildman–Crippen LogP) is 3.06. The highest BCUT2D eigenvalue weighted by molar-refractivity contribution is 8.00. The Kier molecular flexibility index (Phi) is 3.85. The quantitative estimate of drug-likeness (QED) is 0.921. The summed E-state index contributed by atoms with van der Waals surface area (Å²) in [6, 6.07) is 10.6. The number of aromatic nitrogens is 1. The van der Waals surface area contributed by atoms with Crippen molar-refractivity contribution in [1.29, 1.82) is 0 Å². The molecule has 0 bridgehead atoms. The van der Waals surface area contributed by atoms with E-state index in [0.29, 0.717) is 11.3 Å². The van der Waals surface area contributed by atoms with E-state index in [4.69, 9.17) is 4.98 Å². The molecule has 3 nitrogen and oxygen atoms in total. The van der Waals surface area contributed by atoms with E-state index in [2.05, 4.69) is 24.8 Å². The molecule has 1 saturated heterocycles. The van der Waals surface area contributed by atoms with Crippen LogP contribution in [-0.2, 0) is 6.61 Å². The first-order chi connectivity index (χ1) is 9.70. The molecule has 2 aromatic rings. The third-order valence-corrected chi connectivity index (χ3v) is 5.44. The lowest BCUT2D eigenvalue weighted by atomic mass is 10.1. The summed E-state index contributed by atoms with van der Waals surface area (Å²) in [6.45, 7) is 5.54. The van der Waals surface area contributed by atoms with E-state index in [1.807, 2.05) is 36.0 Å². The Hall–Kier alpha value is -1.26. The van der Waals surface area contributed by atoms with Crippen molar-refractivity contribution in [3.8, 4) is 0 Å². The van der Waals surface area contributed by atoms with Gasteiger partial charge in [-0.15, -0.1) is 0 Å². The van der Waals surface area contributed by atoms with Crippen LogP contribution in [0.15, 0.2) is 30.3 Å². The van der Waals surface area contributed by atoms with Crippen molar-refractivity contribution in [1.82, 2.24) is 4.98 Å². The van der Waals surface area contributed by atoms with Gasteiger partial charge in [-0.05, 0) is 19.1 Å². The maximum Gasteiger partial charge on any atom is 0.135 e. The first-order valence-electron chi connectivity index (χ1n) is 7.08. The molecular formula is C16H20N2OS. The number of hydrogen-bond acceptors (Lipinski definition) is 4. The highest BCUT2D eigenvalue weighted by atomic mass is 32.2. The van der Waals surface area contributed by atoms with Crippen LogP contribution in [0, 0.1) is 0 Å². The van der Waals surface area contributed by atoms with Crippen molar-refractivity contribution in [3.05, 3.63) is 35.9 Å². The molecule has 2 heterocycles. The monoisotopic (exact) mass is 288 g/mol. The summed E-state index contributed by atoms with van der Waals surface area (Å²) in [4.78, 5) is 7.16. The van der Waals surface area contributed by atoms with E-state index in [9.17, 15) is 5.11 Å².